The number of carbonyl (C=O) groups excluding carboxylic acids is 1. The van der Waals surface area contributed by atoms with E-state index in [0.717, 1.165) is 12.8 Å². The maximum atomic E-state index is 13.8. The van der Waals surface area contributed by atoms with Crippen LogP contribution in [0.25, 0.3) is 11.6 Å². The third kappa shape index (κ3) is 4.08. The molecule has 1 amide bonds. The number of benzene rings is 1. The Morgan fingerprint density at radius 3 is 2.89 bits per heavy atom. The Morgan fingerprint density at radius 1 is 1.21 bits per heavy atom. The zero-order chi connectivity index (χ0) is 19.3. The van der Waals surface area contributed by atoms with Gasteiger partial charge in [0.1, 0.15) is 11.5 Å². The van der Waals surface area contributed by atoms with Crippen LogP contribution in [0.15, 0.2) is 53.2 Å². The van der Waals surface area contributed by atoms with E-state index in [1.807, 2.05) is 23.1 Å². The first-order chi connectivity index (χ1) is 13.7. The maximum absolute atomic E-state index is 13.8. The molecular formula is C21H21FN4O2. The molecule has 4 rings (SSSR count). The van der Waals surface area contributed by atoms with Crippen LogP contribution in [0.2, 0.25) is 0 Å². The van der Waals surface area contributed by atoms with Crippen molar-refractivity contribution in [3.63, 3.8) is 0 Å². The van der Waals surface area contributed by atoms with E-state index < -0.39 is 0 Å². The van der Waals surface area contributed by atoms with Crippen LogP contribution >= 0.6 is 0 Å². The fraction of sp³-hybridized carbons (Fsp3) is 0.333. The summed E-state index contributed by atoms with van der Waals surface area (Å²) in [5, 5.41) is 4.10. The van der Waals surface area contributed by atoms with E-state index in [-0.39, 0.29) is 17.6 Å². The number of amides is 1. The van der Waals surface area contributed by atoms with Gasteiger partial charge in [-0.05, 0) is 43.0 Å². The molecule has 0 aliphatic carbocycles. The van der Waals surface area contributed by atoms with Gasteiger partial charge in [-0.3, -0.25) is 9.78 Å². The van der Waals surface area contributed by atoms with Crippen LogP contribution in [-0.2, 0) is 11.2 Å². The lowest BCUT2D eigenvalue weighted by atomic mass is 9.96. The zero-order valence-electron chi connectivity index (χ0n) is 15.4. The summed E-state index contributed by atoms with van der Waals surface area (Å²) in [6.45, 7) is 1.26. The molecule has 0 N–H and O–H groups in total. The second kappa shape index (κ2) is 8.29. The van der Waals surface area contributed by atoms with Crippen LogP contribution in [0.5, 0.6) is 0 Å². The molecule has 2 aromatic heterocycles. The highest BCUT2D eigenvalue weighted by molar-refractivity contribution is 5.76. The normalized spacial score (nSPS) is 16.9. The first-order valence-corrected chi connectivity index (χ1v) is 9.47. The van der Waals surface area contributed by atoms with Crippen molar-refractivity contribution in [2.24, 2.45) is 0 Å². The summed E-state index contributed by atoms with van der Waals surface area (Å²) < 4.78 is 19.1. The molecular weight excluding hydrogens is 359 g/mol. The van der Waals surface area contributed by atoms with Gasteiger partial charge >= 0.3 is 0 Å². The summed E-state index contributed by atoms with van der Waals surface area (Å²) in [7, 11) is 0. The van der Waals surface area contributed by atoms with Crippen LogP contribution in [-0.4, -0.2) is 39.0 Å². The Bertz CT molecular complexity index is 944. The number of halogens is 1. The molecule has 0 spiro atoms. The number of aryl methyl sites for hydroxylation is 1. The molecule has 28 heavy (non-hydrogen) atoms. The Balaban J connectivity index is 1.38. The van der Waals surface area contributed by atoms with Gasteiger partial charge in [0, 0.05) is 31.6 Å². The number of hydrogen-bond acceptors (Lipinski definition) is 5. The second-order valence-electron chi connectivity index (χ2n) is 6.94. The fourth-order valence-corrected chi connectivity index (χ4v) is 3.51. The highest BCUT2D eigenvalue weighted by atomic mass is 19.1. The quantitative estimate of drug-likeness (QED) is 0.676. The highest BCUT2D eigenvalue weighted by Crippen LogP contribution is 2.27. The van der Waals surface area contributed by atoms with E-state index in [1.54, 1.807) is 24.4 Å². The third-order valence-corrected chi connectivity index (χ3v) is 5.03. The second-order valence-corrected chi connectivity index (χ2v) is 6.94. The third-order valence-electron chi connectivity index (χ3n) is 5.03. The summed E-state index contributed by atoms with van der Waals surface area (Å²) in [5.74, 6) is 0.792. The molecule has 1 fully saturated rings. The number of nitrogens with zero attached hydrogens (tertiary/aromatic N) is 4. The predicted molar refractivity (Wildman–Crippen MR) is 101 cm³/mol. The molecule has 3 heterocycles. The monoisotopic (exact) mass is 380 g/mol. The predicted octanol–water partition coefficient (Wildman–Crippen LogP) is 3.61. The topological polar surface area (TPSA) is 72.1 Å². The van der Waals surface area contributed by atoms with Gasteiger partial charge in [0.15, 0.2) is 5.82 Å². The molecule has 6 nitrogen and oxygen atoms in total. The van der Waals surface area contributed by atoms with Gasteiger partial charge in [-0.15, -0.1) is 0 Å². The molecule has 1 aromatic carbocycles. The standard InChI is InChI=1S/C21H21FN4O2/c22-17-8-2-1-6-15(17)10-11-19(27)26-13-5-7-16(14-26)20-24-21(28-25-20)18-9-3-4-12-23-18/h1-4,6,8-9,12,16H,5,7,10-11,13-14H2. The van der Waals surface area contributed by atoms with E-state index >= 15 is 0 Å². The summed E-state index contributed by atoms with van der Waals surface area (Å²) in [6.07, 6.45) is 4.15. The van der Waals surface area contributed by atoms with Crippen LogP contribution in [0, 0.1) is 5.82 Å². The summed E-state index contributed by atoms with van der Waals surface area (Å²) in [5.41, 5.74) is 1.21. The first kappa shape index (κ1) is 18.3. The van der Waals surface area contributed by atoms with Crippen molar-refractivity contribution >= 4 is 5.91 Å². The number of hydrogen-bond donors (Lipinski definition) is 0. The lowest BCUT2D eigenvalue weighted by Crippen LogP contribution is -2.39. The molecule has 0 bridgehead atoms. The number of carbonyl (C=O) groups is 1. The molecule has 0 radical (unpaired) electrons. The smallest absolute Gasteiger partial charge is 0.276 e. The van der Waals surface area contributed by atoms with E-state index in [1.165, 1.54) is 6.07 Å². The lowest BCUT2D eigenvalue weighted by Gasteiger charge is -2.31. The van der Waals surface area contributed by atoms with Gasteiger partial charge in [0.25, 0.3) is 5.89 Å². The Hall–Kier alpha value is -3.09. The van der Waals surface area contributed by atoms with Gasteiger partial charge in [-0.25, -0.2) is 4.39 Å². The summed E-state index contributed by atoms with van der Waals surface area (Å²) in [4.78, 5) is 23.1. The maximum Gasteiger partial charge on any atom is 0.276 e. The van der Waals surface area contributed by atoms with Crippen molar-refractivity contribution in [3.8, 4) is 11.6 Å². The van der Waals surface area contributed by atoms with Crippen molar-refractivity contribution in [3.05, 3.63) is 65.9 Å². The number of rotatable bonds is 5. The van der Waals surface area contributed by atoms with Crippen molar-refractivity contribution < 1.29 is 13.7 Å². The minimum absolute atomic E-state index is 0.0291. The van der Waals surface area contributed by atoms with Crippen LogP contribution in [0.3, 0.4) is 0 Å². The highest BCUT2D eigenvalue weighted by Gasteiger charge is 2.28. The van der Waals surface area contributed by atoms with Crippen molar-refractivity contribution in [1.82, 2.24) is 20.0 Å². The lowest BCUT2D eigenvalue weighted by molar-refractivity contribution is -0.132. The Morgan fingerprint density at radius 2 is 2.07 bits per heavy atom. The average Bonchev–Trinajstić information content (AvgIpc) is 3.24. The molecule has 1 saturated heterocycles. The van der Waals surface area contributed by atoms with Crippen LogP contribution in [0.4, 0.5) is 4.39 Å². The van der Waals surface area contributed by atoms with Gasteiger partial charge < -0.3 is 9.42 Å². The van der Waals surface area contributed by atoms with Gasteiger partial charge in [-0.1, -0.05) is 29.4 Å². The van der Waals surface area contributed by atoms with Crippen molar-refractivity contribution in [1.29, 1.82) is 0 Å². The summed E-state index contributed by atoms with van der Waals surface area (Å²) in [6, 6.07) is 12.1. The SMILES string of the molecule is O=C(CCc1ccccc1F)N1CCCC(c2noc(-c3ccccn3)n2)C1. The molecule has 1 aliphatic heterocycles. The van der Waals surface area contributed by atoms with E-state index in [4.69, 9.17) is 4.52 Å². The molecule has 1 unspecified atom stereocenters. The average molecular weight is 380 g/mol. The largest absolute Gasteiger partial charge is 0.342 e. The zero-order valence-corrected chi connectivity index (χ0v) is 15.4. The number of piperidine rings is 1. The number of likely N-dealkylation sites (tertiary alicyclic amines) is 1. The van der Waals surface area contributed by atoms with Crippen LogP contribution < -0.4 is 0 Å². The van der Waals surface area contributed by atoms with Gasteiger partial charge in [0.2, 0.25) is 5.91 Å². The number of aromatic nitrogens is 3. The minimum atomic E-state index is -0.263. The Labute approximate surface area is 162 Å². The van der Waals surface area contributed by atoms with Crippen molar-refractivity contribution in [2.75, 3.05) is 13.1 Å². The Kier molecular flexibility index (Phi) is 5.41. The summed E-state index contributed by atoms with van der Waals surface area (Å²) >= 11 is 0. The molecule has 3 aromatic rings. The van der Waals surface area contributed by atoms with E-state index in [0.29, 0.717) is 48.9 Å². The van der Waals surface area contributed by atoms with E-state index in [2.05, 4.69) is 15.1 Å². The molecule has 0 saturated carbocycles. The van der Waals surface area contributed by atoms with Crippen molar-refractivity contribution in [2.45, 2.75) is 31.6 Å². The van der Waals surface area contributed by atoms with Gasteiger partial charge in [-0.2, -0.15) is 4.98 Å². The molecule has 1 atom stereocenters. The first-order valence-electron chi connectivity index (χ1n) is 9.47. The molecule has 7 heteroatoms. The number of pyridine rings is 1. The molecule has 1 aliphatic rings. The minimum Gasteiger partial charge on any atom is -0.342 e. The van der Waals surface area contributed by atoms with Gasteiger partial charge in [0.05, 0.1) is 0 Å². The van der Waals surface area contributed by atoms with E-state index in [9.17, 15) is 9.18 Å². The van der Waals surface area contributed by atoms with Crippen LogP contribution in [0.1, 0.15) is 36.6 Å². The molecule has 144 valence electrons. The fourth-order valence-electron chi connectivity index (χ4n) is 3.51.